The molecule has 29 heavy (non-hydrogen) atoms. The van der Waals surface area contributed by atoms with E-state index in [2.05, 4.69) is 17.2 Å². The van der Waals surface area contributed by atoms with Gasteiger partial charge < -0.3 is 5.32 Å². The molecule has 2 aliphatic carbocycles. The molecule has 2 aromatic rings. The van der Waals surface area contributed by atoms with E-state index in [1.54, 1.807) is 18.0 Å². The van der Waals surface area contributed by atoms with E-state index in [1.807, 2.05) is 24.3 Å². The van der Waals surface area contributed by atoms with Gasteiger partial charge in [0.05, 0.1) is 5.56 Å². The van der Waals surface area contributed by atoms with Gasteiger partial charge in [-0.2, -0.15) is 0 Å². The molecular weight excluding hydrogens is 383 g/mol. The summed E-state index contributed by atoms with van der Waals surface area (Å²) in [6.07, 6.45) is 8.06. The average molecular weight is 413 g/mol. The van der Waals surface area contributed by atoms with E-state index in [9.17, 15) is 9.18 Å². The van der Waals surface area contributed by atoms with Crippen LogP contribution in [0.3, 0.4) is 0 Å². The first-order valence-electron chi connectivity index (χ1n) is 10.7. The van der Waals surface area contributed by atoms with Crippen molar-refractivity contribution < 1.29 is 9.18 Å². The molecule has 2 bridgehead atoms. The number of carbonyl (C=O) groups is 1. The largest absolute Gasteiger partial charge is 0.352 e. The molecule has 4 rings (SSSR count). The SMILES string of the molecule is CC(CCSc1ncccc1C(=O)NCC1CC2CCC1C2)c1ccc(F)cc1. The van der Waals surface area contributed by atoms with Crippen molar-refractivity contribution in [2.75, 3.05) is 12.3 Å². The molecule has 2 aliphatic rings. The van der Waals surface area contributed by atoms with Crippen LogP contribution in [0.25, 0.3) is 0 Å². The zero-order valence-corrected chi connectivity index (χ0v) is 17.8. The number of rotatable bonds is 8. The zero-order chi connectivity index (χ0) is 20.2. The van der Waals surface area contributed by atoms with Crippen LogP contribution >= 0.6 is 11.8 Å². The number of fused-ring (bicyclic) bond motifs is 2. The molecule has 0 spiro atoms. The van der Waals surface area contributed by atoms with Crippen molar-refractivity contribution in [2.24, 2.45) is 17.8 Å². The van der Waals surface area contributed by atoms with Gasteiger partial charge in [0, 0.05) is 18.5 Å². The van der Waals surface area contributed by atoms with Gasteiger partial charge in [0.2, 0.25) is 0 Å². The van der Waals surface area contributed by atoms with E-state index in [0.29, 0.717) is 17.4 Å². The summed E-state index contributed by atoms with van der Waals surface area (Å²) in [6.45, 7) is 2.94. The van der Waals surface area contributed by atoms with Crippen molar-refractivity contribution in [1.82, 2.24) is 10.3 Å². The Bertz CT molecular complexity index is 841. The Morgan fingerprint density at radius 3 is 2.79 bits per heavy atom. The second kappa shape index (κ2) is 9.29. The highest BCUT2D eigenvalue weighted by molar-refractivity contribution is 7.99. The molecule has 0 aliphatic heterocycles. The Morgan fingerprint density at radius 1 is 1.24 bits per heavy atom. The van der Waals surface area contributed by atoms with Crippen molar-refractivity contribution in [3.05, 3.63) is 59.5 Å². The van der Waals surface area contributed by atoms with E-state index in [4.69, 9.17) is 0 Å². The molecule has 2 saturated carbocycles. The summed E-state index contributed by atoms with van der Waals surface area (Å²) in [4.78, 5) is 17.2. The van der Waals surface area contributed by atoms with Crippen molar-refractivity contribution in [2.45, 2.75) is 50.0 Å². The lowest BCUT2D eigenvalue weighted by Gasteiger charge is -2.22. The summed E-state index contributed by atoms with van der Waals surface area (Å²) in [7, 11) is 0. The summed E-state index contributed by atoms with van der Waals surface area (Å²) in [5.41, 5.74) is 1.81. The number of benzene rings is 1. The van der Waals surface area contributed by atoms with E-state index in [1.165, 1.54) is 37.8 Å². The Morgan fingerprint density at radius 2 is 2.07 bits per heavy atom. The normalized spacial score (nSPS) is 23.9. The number of hydrogen-bond acceptors (Lipinski definition) is 3. The van der Waals surface area contributed by atoms with Gasteiger partial charge in [-0.15, -0.1) is 11.8 Å². The van der Waals surface area contributed by atoms with Gasteiger partial charge in [-0.3, -0.25) is 4.79 Å². The monoisotopic (exact) mass is 412 g/mol. The fourth-order valence-electron chi connectivity index (χ4n) is 4.91. The van der Waals surface area contributed by atoms with Crippen LogP contribution in [0, 0.1) is 23.6 Å². The topological polar surface area (TPSA) is 42.0 Å². The molecule has 5 heteroatoms. The number of halogens is 1. The molecule has 1 aromatic heterocycles. The maximum absolute atomic E-state index is 13.1. The summed E-state index contributed by atoms with van der Waals surface area (Å²) in [5, 5.41) is 3.96. The average Bonchev–Trinajstić information content (AvgIpc) is 3.36. The predicted molar refractivity (Wildman–Crippen MR) is 116 cm³/mol. The predicted octanol–water partition coefficient (Wildman–Crippen LogP) is 5.67. The van der Waals surface area contributed by atoms with Crippen molar-refractivity contribution >= 4 is 17.7 Å². The first-order chi connectivity index (χ1) is 14.1. The van der Waals surface area contributed by atoms with Gasteiger partial charge >= 0.3 is 0 Å². The minimum Gasteiger partial charge on any atom is -0.352 e. The molecule has 1 N–H and O–H groups in total. The number of aromatic nitrogens is 1. The zero-order valence-electron chi connectivity index (χ0n) is 16.9. The summed E-state index contributed by atoms with van der Waals surface area (Å²) in [5.74, 6) is 3.36. The third-order valence-electron chi connectivity index (χ3n) is 6.65. The van der Waals surface area contributed by atoms with Gasteiger partial charge in [0.25, 0.3) is 5.91 Å². The van der Waals surface area contributed by atoms with Crippen LogP contribution in [0.4, 0.5) is 4.39 Å². The second-order valence-electron chi connectivity index (χ2n) is 8.59. The molecule has 4 unspecified atom stereocenters. The van der Waals surface area contributed by atoms with Crippen LogP contribution in [0.15, 0.2) is 47.6 Å². The number of pyridine rings is 1. The third kappa shape index (κ3) is 5.00. The first kappa shape index (κ1) is 20.4. The highest BCUT2D eigenvalue weighted by Gasteiger charge is 2.39. The number of thioether (sulfide) groups is 1. The van der Waals surface area contributed by atoms with Crippen LogP contribution in [0.2, 0.25) is 0 Å². The first-order valence-corrected chi connectivity index (χ1v) is 11.7. The maximum Gasteiger partial charge on any atom is 0.254 e. The number of amides is 1. The van der Waals surface area contributed by atoms with Gasteiger partial charge in [0.15, 0.2) is 0 Å². The van der Waals surface area contributed by atoms with Crippen molar-refractivity contribution in [1.29, 1.82) is 0 Å². The van der Waals surface area contributed by atoms with Crippen LogP contribution in [0.5, 0.6) is 0 Å². The Hall–Kier alpha value is -1.88. The fourth-order valence-corrected chi connectivity index (χ4v) is 6.03. The number of nitrogens with zero attached hydrogens (tertiary/aromatic N) is 1. The highest BCUT2D eigenvalue weighted by atomic mass is 32.2. The summed E-state index contributed by atoms with van der Waals surface area (Å²) < 4.78 is 13.1. The molecular formula is C24H29FN2OS. The van der Waals surface area contributed by atoms with Gasteiger partial charge in [-0.25, -0.2) is 9.37 Å². The molecule has 1 heterocycles. The van der Waals surface area contributed by atoms with Gasteiger partial charge in [-0.1, -0.05) is 25.5 Å². The van der Waals surface area contributed by atoms with Gasteiger partial charge in [0.1, 0.15) is 10.8 Å². The summed E-state index contributed by atoms with van der Waals surface area (Å²) in [6, 6.07) is 10.4. The Labute approximate surface area is 176 Å². The second-order valence-corrected chi connectivity index (χ2v) is 9.67. The summed E-state index contributed by atoms with van der Waals surface area (Å²) >= 11 is 1.63. The molecule has 154 valence electrons. The minimum atomic E-state index is -0.204. The molecule has 0 saturated heterocycles. The lowest BCUT2D eigenvalue weighted by molar-refractivity contribution is 0.0938. The van der Waals surface area contributed by atoms with Crippen LogP contribution in [-0.4, -0.2) is 23.2 Å². The smallest absolute Gasteiger partial charge is 0.254 e. The molecule has 1 aromatic carbocycles. The highest BCUT2D eigenvalue weighted by Crippen LogP contribution is 2.47. The standard InChI is InChI=1S/C24H29FN2OS/c1-16(18-6-8-21(25)9-7-18)10-12-29-24-22(3-2-11-26-24)23(28)27-15-20-14-17-4-5-19(20)13-17/h2-3,6-9,11,16-17,19-20H,4-5,10,12-15H2,1H3,(H,27,28). The van der Waals surface area contributed by atoms with Crippen molar-refractivity contribution in [3.8, 4) is 0 Å². The Kier molecular flexibility index (Phi) is 6.53. The fraction of sp³-hybridized carbons (Fsp3) is 0.500. The van der Waals surface area contributed by atoms with E-state index < -0.39 is 0 Å². The molecule has 0 radical (unpaired) electrons. The van der Waals surface area contributed by atoms with Crippen molar-refractivity contribution in [3.63, 3.8) is 0 Å². The molecule has 4 atom stereocenters. The lowest BCUT2D eigenvalue weighted by atomic mass is 9.89. The van der Waals surface area contributed by atoms with E-state index >= 15 is 0 Å². The third-order valence-corrected chi connectivity index (χ3v) is 7.69. The van der Waals surface area contributed by atoms with Crippen LogP contribution < -0.4 is 5.32 Å². The number of nitrogens with one attached hydrogen (secondary N) is 1. The number of hydrogen-bond donors (Lipinski definition) is 1. The molecule has 3 nitrogen and oxygen atoms in total. The molecule has 2 fully saturated rings. The van der Waals surface area contributed by atoms with Crippen LogP contribution in [0.1, 0.15) is 60.9 Å². The maximum atomic E-state index is 13.1. The minimum absolute atomic E-state index is 0.00467. The number of carbonyl (C=O) groups excluding carboxylic acids is 1. The quantitative estimate of drug-likeness (QED) is 0.568. The van der Waals surface area contributed by atoms with E-state index in [0.717, 1.165) is 41.1 Å². The van der Waals surface area contributed by atoms with Gasteiger partial charge in [-0.05, 0) is 79.2 Å². The molecule has 1 amide bonds. The van der Waals surface area contributed by atoms with Crippen LogP contribution in [-0.2, 0) is 0 Å². The lowest BCUT2D eigenvalue weighted by Crippen LogP contribution is -2.32. The Balaban J connectivity index is 1.29. The van der Waals surface area contributed by atoms with E-state index in [-0.39, 0.29) is 11.7 Å².